The predicted octanol–water partition coefficient (Wildman–Crippen LogP) is 2.29. The van der Waals surface area contributed by atoms with E-state index in [1.807, 2.05) is 0 Å². The van der Waals surface area contributed by atoms with Crippen molar-refractivity contribution in [3.63, 3.8) is 0 Å². The molecule has 9 heteroatoms. The van der Waals surface area contributed by atoms with Crippen LogP contribution in [0.5, 0.6) is 11.6 Å². The van der Waals surface area contributed by atoms with Crippen LogP contribution in [0.3, 0.4) is 0 Å². The SMILES string of the molecule is COc1cc(B2OC(C)(C)C(C)(C)O2)c(OC(F)(F)F)cn1. The molecular formula is C13H17BF3NO4. The molecule has 122 valence electrons. The van der Waals surface area contributed by atoms with Crippen LogP contribution >= 0.6 is 0 Å². The van der Waals surface area contributed by atoms with Crippen molar-refractivity contribution in [2.45, 2.75) is 45.3 Å². The van der Waals surface area contributed by atoms with Crippen molar-refractivity contribution in [3.8, 4) is 11.6 Å². The van der Waals surface area contributed by atoms with E-state index in [4.69, 9.17) is 14.0 Å². The van der Waals surface area contributed by atoms with Gasteiger partial charge in [0.05, 0.1) is 24.5 Å². The van der Waals surface area contributed by atoms with E-state index >= 15 is 0 Å². The lowest BCUT2D eigenvalue weighted by Gasteiger charge is -2.32. The highest BCUT2D eigenvalue weighted by molar-refractivity contribution is 6.63. The van der Waals surface area contributed by atoms with Crippen LogP contribution in [0.15, 0.2) is 12.3 Å². The number of hydrogen-bond acceptors (Lipinski definition) is 5. The quantitative estimate of drug-likeness (QED) is 0.800. The summed E-state index contributed by atoms with van der Waals surface area (Å²) in [5.41, 5.74) is -1.31. The van der Waals surface area contributed by atoms with Crippen LogP contribution in [0.25, 0.3) is 0 Å². The van der Waals surface area contributed by atoms with E-state index in [1.165, 1.54) is 13.2 Å². The summed E-state index contributed by atoms with van der Waals surface area (Å²) in [6.45, 7) is 7.21. The Morgan fingerprint density at radius 2 is 1.68 bits per heavy atom. The van der Waals surface area contributed by atoms with Gasteiger partial charge in [-0.15, -0.1) is 13.2 Å². The van der Waals surface area contributed by atoms with Crippen molar-refractivity contribution < 1.29 is 32.0 Å². The first-order chi connectivity index (χ1) is 9.95. The molecule has 1 fully saturated rings. The summed E-state index contributed by atoms with van der Waals surface area (Å²) in [6.07, 6.45) is -3.90. The van der Waals surface area contributed by atoms with Gasteiger partial charge < -0.3 is 18.8 Å². The minimum Gasteiger partial charge on any atom is -0.481 e. The molecule has 0 aliphatic carbocycles. The van der Waals surface area contributed by atoms with Crippen LogP contribution in [0, 0.1) is 0 Å². The maximum atomic E-state index is 12.5. The van der Waals surface area contributed by atoms with Crippen molar-refractivity contribution in [2.75, 3.05) is 7.11 Å². The van der Waals surface area contributed by atoms with Crippen LogP contribution in [-0.2, 0) is 9.31 Å². The molecule has 2 rings (SSSR count). The molecule has 2 heterocycles. The first-order valence-corrected chi connectivity index (χ1v) is 6.60. The van der Waals surface area contributed by atoms with Gasteiger partial charge in [-0.05, 0) is 27.7 Å². The second-order valence-electron chi connectivity index (χ2n) is 5.90. The molecular weight excluding hydrogens is 302 g/mol. The lowest BCUT2D eigenvalue weighted by molar-refractivity contribution is -0.274. The number of hydrogen-bond donors (Lipinski definition) is 0. The number of methoxy groups -OCH3 is 1. The van der Waals surface area contributed by atoms with Crippen molar-refractivity contribution in [1.29, 1.82) is 0 Å². The van der Waals surface area contributed by atoms with Gasteiger partial charge in [-0.1, -0.05) is 0 Å². The zero-order valence-corrected chi connectivity index (χ0v) is 12.9. The minimum absolute atomic E-state index is 0.0721. The van der Waals surface area contributed by atoms with Gasteiger partial charge in [-0.3, -0.25) is 0 Å². The van der Waals surface area contributed by atoms with E-state index in [2.05, 4.69) is 9.72 Å². The molecule has 0 radical (unpaired) electrons. The monoisotopic (exact) mass is 319 g/mol. The molecule has 0 N–H and O–H groups in total. The van der Waals surface area contributed by atoms with Crippen molar-refractivity contribution >= 4 is 12.6 Å². The van der Waals surface area contributed by atoms with E-state index in [9.17, 15) is 13.2 Å². The number of rotatable bonds is 3. The minimum atomic E-state index is -4.84. The van der Waals surface area contributed by atoms with Gasteiger partial charge in [0.1, 0.15) is 5.75 Å². The van der Waals surface area contributed by atoms with Crippen molar-refractivity contribution in [3.05, 3.63) is 12.3 Å². The Morgan fingerprint density at radius 3 is 2.14 bits per heavy atom. The van der Waals surface area contributed by atoms with Crippen LogP contribution in [0.4, 0.5) is 13.2 Å². The zero-order valence-electron chi connectivity index (χ0n) is 12.9. The van der Waals surface area contributed by atoms with Gasteiger partial charge in [0.2, 0.25) is 5.88 Å². The fourth-order valence-electron chi connectivity index (χ4n) is 1.91. The summed E-state index contributed by atoms with van der Waals surface area (Å²) in [4.78, 5) is 3.73. The smallest absolute Gasteiger partial charge is 0.481 e. The molecule has 1 aromatic heterocycles. The highest BCUT2D eigenvalue weighted by atomic mass is 19.4. The largest absolute Gasteiger partial charge is 0.573 e. The Bertz CT molecular complexity index is 547. The summed E-state index contributed by atoms with van der Waals surface area (Å²) >= 11 is 0. The maximum Gasteiger partial charge on any atom is 0.573 e. The molecule has 0 unspecified atom stereocenters. The van der Waals surface area contributed by atoms with E-state index in [0.717, 1.165) is 6.20 Å². The topological polar surface area (TPSA) is 49.8 Å². The van der Waals surface area contributed by atoms with Gasteiger partial charge in [-0.25, -0.2) is 4.98 Å². The van der Waals surface area contributed by atoms with Crippen LogP contribution < -0.4 is 14.9 Å². The molecule has 0 bridgehead atoms. The number of alkyl halides is 3. The average Bonchev–Trinajstić information content (AvgIpc) is 2.57. The number of ether oxygens (including phenoxy) is 2. The maximum absolute atomic E-state index is 12.5. The van der Waals surface area contributed by atoms with E-state index in [1.54, 1.807) is 27.7 Å². The van der Waals surface area contributed by atoms with E-state index in [0.29, 0.717) is 0 Å². The Morgan fingerprint density at radius 1 is 1.14 bits per heavy atom. The molecule has 1 aliphatic heterocycles. The Hall–Kier alpha value is -1.48. The molecule has 0 atom stereocenters. The molecule has 22 heavy (non-hydrogen) atoms. The summed E-state index contributed by atoms with van der Waals surface area (Å²) < 4.78 is 58.0. The highest BCUT2D eigenvalue weighted by Crippen LogP contribution is 2.37. The van der Waals surface area contributed by atoms with Crippen LogP contribution in [0.2, 0.25) is 0 Å². The molecule has 1 saturated heterocycles. The number of halogens is 3. The van der Waals surface area contributed by atoms with Crippen LogP contribution in [0.1, 0.15) is 27.7 Å². The average molecular weight is 319 g/mol. The van der Waals surface area contributed by atoms with E-state index < -0.39 is 30.4 Å². The summed E-state index contributed by atoms with van der Waals surface area (Å²) in [7, 11) is 0.347. The van der Waals surface area contributed by atoms with Gasteiger partial charge in [0.25, 0.3) is 0 Å². The molecule has 1 aromatic rings. The Kier molecular flexibility index (Phi) is 4.08. The molecule has 0 amide bonds. The molecule has 0 spiro atoms. The first-order valence-electron chi connectivity index (χ1n) is 6.60. The Labute approximate surface area is 126 Å². The van der Waals surface area contributed by atoms with Crippen molar-refractivity contribution in [1.82, 2.24) is 4.98 Å². The number of aromatic nitrogens is 1. The third-order valence-corrected chi connectivity index (χ3v) is 3.81. The standard InChI is InChI=1S/C13H17BF3NO4/c1-11(2)12(3,4)22-14(21-11)8-6-10(19-5)18-7-9(8)20-13(15,16)17/h6-7H,1-5H3. The third kappa shape index (κ3) is 3.30. The Balaban J connectivity index is 2.41. The first kappa shape index (κ1) is 16.9. The van der Waals surface area contributed by atoms with Gasteiger partial charge in [-0.2, -0.15) is 0 Å². The fraction of sp³-hybridized carbons (Fsp3) is 0.615. The summed E-state index contributed by atoms with van der Waals surface area (Å²) in [6, 6.07) is 1.31. The second-order valence-corrected chi connectivity index (χ2v) is 5.90. The number of nitrogens with zero attached hydrogens (tertiary/aromatic N) is 1. The highest BCUT2D eigenvalue weighted by Gasteiger charge is 2.53. The lowest BCUT2D eigenvalue weighted by Crippen LogP contribution is -2.41. The summed E-state index contributed by atoms with van der Waals surface area (Å²) in [5, 5.41) is 0. The number of pyridine rings is 1. The van der Waals surface area contributed by atoms with Gasteiger partial charge >= 0.3 is 13.5 Å². The van der Waals surface area contributed by atoms with Crippen LogP contribution in [-0.4, -0.2) is 36.8 Å². The molecule has 0 saturated carbocycles. The van der Waals surface area contributed by atoms with E-state index in [-0.39, 0.29) is 11.3 Å². The second kappa shape index (κ2) is 5.31. The fourth-order valence-corrected chi connectivity index (χ4v) is 1.91. The lowest BCUT2D eigenvalue weighted by atomic mass is 9.79. The summed E-state index contributed by atoms with van der Waals surface area (Å²) in [5.74, 6) is -0.342. The third-order valence-electron chi connectivity index (χ3n) is 3.81. The van der Waals surface area contributed by atoms with Gasteiger partial charge in [0.15, 0.2) is 0 Å². The van der Waals surface area contributed by atoms with Gasteiger partial charge in [0, 0.05) is 11.5 Å². The molecule has 5 nitrogen and oxygen atoms in total. The molecule has 0 aromatic carbocycles. The zero-order chi connectivity index (χ0) is 16.8. The van der Waals surface area contributed by atoms with Crippen molar-refractivity contribution in [2.24, 2.45) is 0 Å². The normalized spacial score (nSPS) is 20.1. The predicted molar refractivity (Wildman–Crippen MR) is 73.2 cm³/mol. The molecule has 1 aliphatic rings.